The molecule has 13 nitrogen and oxygen atoms in total. The van der Waals surface area contributed by atoms with E-state index in [9.17, 15) is 14.4 Å². The van der Waals surface area contributed by atoms with Crippen molar-refractivity contribution >= 4 is 76.9 Å². The Hall–Kier alpha value is -2.96. The van der Waals surface area contributed by atoms with Gasteiger partial charge in [0.15, 0.2) is 5.96 Å². The van der Waals surface area contributed by atoms with E-state index >= 15 is 0 Å². The molecule has 17 heteroatoms. The van der Waals surface area contributed by atoms with E-state index in [0.717, 1.165) is 5.69 Å². The minimum Gasteiger partial charge on any atom is -0.368 e. The van der Waals surface area contributed by atoms with E-state index in [2.05, 4.69) is 63.9 Å². The average Bonchev–Trinajstić information content (AvgIpc) is 3.56. The number of guanidine groups is 1. The summed E-state index contributed by atoms with van der Waals surface area (Å²) in [4.78, 5) is 42.6. The highest BCUT2D eigenvalue weighted by Gasteiger charge is 2.18. The van der Waals surface area contributed by atoms with Gasteiger partial charge in [-0.25, -0.2) is 0 Å². The van der Waals surface area contributed by atoms with E-state index in [4.69, 9.17) is 0 Å². The van der Waals surface area contributed by atoms with E-state index in [-0.39, 0.29) is 17.7 Å². The fraction of sp³-hybridized carbons (Fsp3) is 0.238. The van der Waals surface area contributed by atoms with Gasteiger partial charge in [0.1, 0.15) is 17.1 Å². The molecule has 4 unspecified atom stereocenters. The fourth-order valence-corrected chi connectivity index (χ4v) is 4.76. The fourth-order valence-electron chi connectivity index (χ4n) is 3.59. The SMILES string of the molecule is Cn1cc(NC(=O)c2cc(NC(=O)c3cc(NP)cn3C)cn2C)cc1C(=O)NCCN=C(NP)NPP. The van der Waals surface area contributed by atoms with Gasteiger partial charge in [-0.1, -0.05) is 8.93 Å². The van der Waals surface area contributed by atoms with Crippen molar-refractivity contribution in [2.45, 2.75) is 0 Å². The lowest BCUT2D eigenvalue weighted by molar-refractivity contribution is 0.0945. The first kappa shape index (κ1) is 29.6. The molecule has 3 aromatic heterocycles. The Bertz CT molecular complexity index is 1350. The molecular weight excluding hydrogens is 564 g/mol. The third-order valence-corrected chi connectivity index (χ3v) is 6.81. The van der Waals surface area contributed by atoms with Gasteiger partial charge in [-0.15, -0.1) is 0 Å². The summed E-state index contributed by atoms with van der Waals surface area (Å²) < 4.78 is 4.96. The van der Waals surface area contributed by atoms with Crippen LogP contribution < -0.4 is 31.2 Å². The van der Waals surface area contributed by atoms with E-state index in [1.54, 1.807) is 71.6 Å². The van der Waals surface area contributed by atoms with E-state index in [1.165, 1.54) is 0 Å². The molecule has 0 fully saturated rings. The number of aromatic nitrogens is 3. The van der Waals surface area contributed by atoms with E-state index in [0.29, 0.717) is 55.9 Å². The maximum Gasteiger partial charge on any atom is 0.272 e. The van der Waals surface area contributed by atoms with Crippen molar-refractivity contribution in [1.29, 1.82) is 0 Å². The van der Waals surface area contributed by atoms with Crippen molar-refractivity contribution in [3.63, 3.8) is 0 Å². The van der Waals surface area contributed by atoms with Gasteiger partial charge >= 0.3 is 0 Å². The van der Waals surface area contributed by atoms with Gasteiger partial charge < -0.3 is 44.9 Å². The van der Waals surface area contributed by atoms with Crippen LogP contribution in [0.15, 0.2) is 41.8 Å². The van der Waals surface area contributed by atoms with E-state index < -0.39 is 0 Å². The van der Waals surface area contributed by atoms with Gasteiger partial charge in [-0.05, 0) is 45.4 Å². The van der Waals surface area contributed by atoms with E-state index in [1.807, 2.05) is 0 Å². The first-order valence-corrected chi connectivity index (χ1v) is 15.2. The van der Waals surface area contributed by atoms with Gasteiger partial charge in [0.25, 0.3) is 17.7 Å². The minimum atomic E-state index is -0.381. The smallest absolute Gasteiger partial charge is 0.272 e. The first-order valence-electron chi connectivity index (χ1n) is 11.3. The maximum atomic E-state index is 12.9. The number of nitrogens with one attached hydrogen (secondary N) is 6. The number of aryl methyl sites for hydroxylation is 3. The molecule has 3 aromatic rings. The number of rotatable bonds is 10. The summed E-state index contributed by atoms with van der Waals surface area (Å²) in [6.07, 6.45) is 5.10. The Morgan fingerprint density at radius 1 is 0.816 bits per heavy atom. The van der Waals surface area contributed by atoms with Crippen molar-refractivity contribution in [1.82, 2.24) is 29.2 Å². The van der Waals surface area contributed by atoms with Crippen LogP contribution in [0.2, 0.25) is 0 Å². The number of aliphatic imine (C=N–C) groups is 1. The summed E-state index contributed by atoms with van der Waals surface area (Å²) in [5.74, 6) is -0.350. The van der Waals surface area contributed by atoms with Crippen LogP contribution in [0.25, 0.3) is 0 Å². The normalized spacial score (nSPS) is 11.5. The van der Waals surface area contributed by atoms with Crippen molar-refractivity contribution in [2.24, 2.45) is 26.1 Å². The Morgan fingerprint density at radius 2 is 1.29 bits per heavy atom. The van der Waals surface area contributed by atoms with Crippen molar-refractivity contribution in [2.75, 3.05) is 28.8 Å². The van der Waals surface area contributed by atoms with Crippen LogP contribution in [0.4, 0.5) is 17.1 Å². The first-order chi connectivity index (χ1) is 18.2. The molecule has 3 amide bonds. The molecule has 0 aliphatic rings. The maximum absolute atomic E-state index is 12.9. The number of amides is 3. The van der Waals surface area contributed by atoms with Gasteiger partial charge in [-0.2, -0.15) is 0 Å². The summed E-state index contributed by atoms with van der Waals surface area (Å²) >= 11 is 0. The lowest BCUT2D eigenvalue weighted by atomic mass is 10.3. The molecule has 0 spiro atoms. The number of carbonyl (C=O) groups excluding carboxylic acids is 3. The molecule has 0 saturated heterocycles. The molecule has 3 heterocycles. The predicted molar refractivity (Wildman–Crippen MR) is 164 cm³/mol. The topological polar surface area (TPSA) is 151 Å². The second-order valence-corrected chi connectivity index (χ2v) is 10.1. The second-order valence-electron chi connectivity index (χ2n) is 8.13. The van der Waals surface area contributed by atoms with Crippen molar-refractivity contribution in [3.8, 4) is 0 Å². The molecule has 0 aliphatic heterocycles. The monoisotopic (exact) mass is 596 g/mol. The third kappa shape index (κ3) is 7.55. The molecule has 0 aliphatic carbocycles. The van der Waals surface area contributed by atoms with Crippen molar-refractivity contribution in [3.05, 3.63) is 53.9 Å². The summed E-state index contributed by atoms with van der Waals surface area (Å²) in [6.45, 7) is 0.740. The molecule has 204 valence electrons. The molecule has 4 atom stereocenters. The number of hydrogen-bond acceptors (Lipinski definition) is 5. The molecule has 0 bridgehead atoms. The number of hydrogen-bond donors (Lipinski definition) is 6. The van der Waals surface area contributed by atoms with Crippen LogP contribution in [0, 0.1) is 0 Å². The Labute approximate surface area is 229 Å². The lowest BCUT2D eigenvalue weighted by Gasteiger charge is -2.07. The van der Waals surface area contributed by atoms with Crippen LogP contribution >= 0.6 is 36.1 Å². The summed E-state index contributed by atoms with van der Waals surface area (Å²) in [7, 11) is 13.0. The summed E-state index contributed by atoms with van der Waals surface area (Å²) in [5.41, 5.74) is 2.92. The number of nitrogens with zero attached hydrogens (tertiary/aromatic N) is 4. The highest BCUT2D eigenvalue weighted by atomic mass is 32.0. The quantitative estimate of drug-likeness (QED) is 0.0911. The molecule has 38 heavy (non-hydrogen) atoms. The predicted octanol–water partition coefficient (Wildman–Crippen LogP) is 1.85. The van der Waals surface area contributed by atoms with Crippen LogP contribution in [0.3, 0.4) is 0 Å². The Morgan fingerprint density at radius 3 is 1.74 bits per heavy atom. The lowest BCUT2D eigenvalue weighted by Crippen LogP contribution is -2.30. The molecule has 0 radical (unpaired) electrons. The zero-order valence-corrected chi connectivity index (χ0v) is 25.6. The van der Waals surface area contributed by atoms with Crippen LogP contribution in [-0.2, 0) is 21.1 Å². The highest BCUT2D eigenvalue weighted by Crippen LogP contribution is 2.20. The second kappa shape index (κ2) is 13.7. The molecule has 6 N–H and O–H groups in total. The van der Waals surface area contributed by atoms with Crippen LogP contribution in [0.1, 0.15) is 31.5 Å². The largest absolute Gasteiger partial charge is 0.368 e. The Balaban J connectivity index is 1.60. The zero-order valence-electron chi connectivity index (χ0n) is 21.1. The zero-order chi connectivity index (χ0) is 27.8. The number of anilines is 3. The van der Waals surface area contributed by atoms with Crippen molar-refractivity contribution < 1.29 is 14.4 Å². The molecular formula is C21H32N10O3P4. The third-order valence-electron chi connectivity index (χ3n) is 5.39. The van der Waals surface area contributed by atoms with Crippen LogP contribution in [0.5, 0.6) is 0 Å². The van der Waals surface area contributed by atoms with Gasteiger partial charge in [0, 0.05) is 46.3 Å². The average molecular weight is 596 g/mol. The van der Waals surface area contributed by atoms with Gasteiger partial charge in [0.05, 0.1) is 23.6 Å². The standard InChI is InChI=1S/C21H32N10O3P4/c1-29-9-12(6-15(29)18(32)22-4-5-23-21(27-36)28-38-37)24-19(33)16-7-13(10-30(16)2)25-20(34)17-8-14(26-35)11-31(17)3/h6-11,26,38H,4-5,35-37H2,1-3H3,(H,22,32)(H,24,33)(H,25,34)(H2,23,27,28). The summed E-state index contributed by atoms with van der Waals surface area (Å²) in [5, 5.41) is 17.3. The molecule has 0 aromatic carbocycles. The molecule has 0 saturated carbocycles. The van der Waals surface area contributed by atoms with Gasteiger partial charge in [0.2, 0.25) is 0 Å². The number of carbonyl (C=O) groups is 3. The summed E-state index contributed by atoms with van der Waals surface area (Å²) in [6, 6.07) is 4.91. The molecule has 3 rings (SSSR count). The van der Waals surface area contributed by atoms with Gasteiger partial charge in [-0.3, -0.25) is 19.4 Å². The highest BCUT2D eigenvalue weighted by molar-refractivity contribution is 8.02. The minimum absolute atomic E-state index is 0.283. The van der Waals surface area contributed by atoms with Crippen LogP contribution in [-0.4, -0.2) is 50.5 Å². The Kier molecular flexibility index (Phi) is 10.7.